The molecule has 0 atom stereocenters. The fraction of sp³-hybridized carbons (Fsp3) is 0.321. The molecule has 0 bridgehead atoms. The number of ether oxygens (including phenoxy) is 2. The average molecular weight is 549 g/mol. The van der Waals surface area contributed by atoms with Gasteiger partial charge in [-0.05, 0) is 50.0 Å². The molecular formula is C28H29FN6O5. The van der Waals surface area contributed by atoms with Gasteiger partial charge in [0.2, 0.25) is 17.7 Å². The second-order valence-electron chi connectivity index (χ2n) is 9.58. The van der Waals surface area contributed by atoms with Crippen molar-refractivity contribution in [2.75, 3.05) is 31.5 Å². The Morgan fingerprint density at radius 3 is 2.40 bits per heavy atom. The number of hydrogen-bond donors (Lipinski definition) is 2. The van der Waals surface area contributed by atoms with Crippen molar-refractivity contribution in [3.8, 4) is 17.5 Å². The van der Waals surface area contributed by atoms with E-state index in [0.717, 1.165) is 43.9 Å². The van der Waals surface area contributed by atoms with Gasteiger partial charge in [0.1, 0.15) is 6.33 Å². The summed E-state index contributed by atoms with van der Waals surface area (Å²) in [5, 5.41) is 4.61. The van der Waals surface area contributed by atoms with Crippen molar-refractivity contribution in [1.29, 1.82) is 0 Å². The summed E-state index contributed by atoms with van der Waals surface area (Å²) in [6.07, 6.45) is 3.72. The lowest BCUT2D eigenvalue weighted by atomic mass is 10.00. The van der Waals surface area contributed by atoms with E-state index < -0.39 is 23.8 Å². The number of rotatable bonds is 7. The Morgan fingerprint density at radius 2 is 1.70 bits per heavy atom. The number of amides is 4. The van der Waals surface area contributed by atoms with Gasteiger partial charge in [0.15, 0.2) is 11.6 Å². The van der Waals surface area contributed by atoms with Gasteiger partial charge in [-0.25, -0.2) is 23.9 Å². The van der Waals surface area contributed by atoms with E-state index in [0.29, 0.717) is 19.1 Å². The number of anilines is 1. The number of nitrogens with zero attached hydrogens (tertiary/aromatic N) is 4. The largest absolute Gasteiger partial charge is 0.436 e. The van der Waals surface area contributed by atoms with Gasteiger partial charge in [-0.3, -0.25) is 10.1 Å². The molecule has 2 fully saturated rings. The third kappa shape index (κ3) is 7.08. The Morgan fingerprint density at radius 1 is 0.950 bits per heavy atom. The summed E-state index contributed by atoms with van der Waals surface area (Å²) in [4.78, 5) is 48.8. The number of carbonyl (C=O) groups excluding carboxylic acids is 3. The van der Waals surface area contributed by atoms with E-state index in [9.17, 15) is 18.8 Å². The lowest BCUT2D eigenvalue weighted by Gasteiger charge is -2.42. The SMILES string of the molecule is O=C(Cc1ccccc1)NC(=O)Nc1ccc(Oc2cc(OC(=O)N3CCC(N4CCC4)CC3)ncn2)c(F)c1. The third-order valence-corrected chi connectivity index (χ3v) is 6.80. The van der Waals surface area contributed by atoms with E-state index in [-0.39, 0.29) is 29.6 Å². The molecule has 3 aromatic rings. The van der Waals surface area contributed by atoms with E-state index in [1.165, 1.54) is 24.6 Å². The molecule has 2 aliphatic rings. The van der Waals surface area contributed by atoms with Gasteiger partial charge in [-0.1, -0.05) is 30.3 Å². The monoisotopic (exact) mass is 548 g/mol. The Labute approximate surface area is 230 Å². The van der Waals surface area contributed by atoms with Gasteiger partial charge in [-0.2, -0.15) is 0 Å². The standard InChI is InChI=1S/C28H29FN6O5/c29-22-16-20(32-27(37)33-24(36)15-19-5-2-1-3-6-19)7-8-23(22)39-25-17-26(31-18-30-25)40-28(38)35-13-9-21(10-14-35)34-11-4-12-34/h1-3,5-8,16-18,21H,4,9-15H2,(H2,32,33,36,37). The molecule has 5 rings (SSSR count). The van der Waals surface area contributed by atoms with Gasteiger partial charge >= 0.3 is 12.1 Å². The van der Waals surface area contributed by atoms with Gasteiger partial charge in [0.05, 0.1) is 12.5 Å². The number of aromatic nitrogens is 2. The van der Waals surface area contributed by atoms with E-state index in [1.54, 1.807) is 29.2 Å². The first-order valence-corrected chi connectivity index (χ1v) is 13.1. The zero-order valence-corrected chi connectivity index (χ0v) is 21.7. The maximum Gasteiger partial charge on any atom is 0.416 e. The summed E-state index contributed by atoms with van der Waals surface area (Å²) < 4.78 is 25.6. The van der Waals surface area contributed by atoms with Crippen molar-refractivity contribution in [3.05, 3.63) is 72.3 Å². The van der Waals surface area contributed by atoms with Crippen molar-refractivity contribution in [3.63, 3.8) is 0 Å². The highest BCUT2D eigenvalue weighted by molar-refractivity contribution is 6.01. The summed E-state index contributed by atoms with van der Waals surface area (Å²) >= 11 is 0. The fourth-order valence-electron chi connectivity index (χ4n) is 4.60. The fourth-order valence-corrected chi connectivity index (χ4v) is 4.60. The summed E-state index contributed by atoms with van der Waals surface area (Å²) in [6.45, 7) is 3.48. The number of halogens is 1. The number of carbonyl (C=O) groups is 3. The zero-order valence-electron chi connectivity index (χ0n) is 21.7. The molecule has 2 aliphatic heterocycles. The number of hydrogen-bond acceptors (Lipinski definition) is 8. The molecule has 3 heterocycles. The van der Waals surface area contributed by atoms with Crippen LogP contribution in [-0.2, 0) is 11.2 Å². The van der Waals surface area contributed by atoms with Crippen LogP contribution in [0.4, 0.5) is 19.7 Å². The first kappa shape index (κ1) is 27.0. The number of nitrogens with one attached hydrogen (secondary N) is 2. The average Bonchev–Trinajstić information content (AvgIpc) is 2.90. The number of imide groups is 1. The summed E-state index contributed by atoms with van der Waals surface area (Å²) in [5.74, 6) is -1.50. The smallest absolute Gasteiger partial charge is 0.416 e. The van der Waals surface area contributed by atoms with Crippen molar-refractivity contribution in [2.45, 2.75) is 31.7 Å². The molecular weight excluding hydrogens is 519 g/mol. The topological polar surface area (TPSA) is 126 Å². The lowest BCUT2D eigenvalue weighted by molar-refractivity contribution is -0.119. The van der Waals surface area contributed by atoms with Crippen molar-refractivity contribution in [2.24, 2.45) is 0 Å². The summed E-state index contributed by atoms with van der Waals surface area (Å²) in [7, 11) is 0. The van der Waals surface area contributed by atoms with E-state index in [4.69, 9.17) is 9.47 Å². The van der Waals surface area contributed by atoms with Crippen LogP contribution in [0.25, 0.3) is 0 Å². The normalized spacial score (nSPS) is 15.6. The quantitative estimate of drug-likeness (QED) is 0.454. The predicted octanol–water partition coefficient (Wildman–Crippen LogP) is 3.97. The minimum Gasteiger partial charge on any atom is -0.436 e. The summed E-state index contributed by atoms with van der Waals surface area (Å²) in [6, 6.07) is 13.7. The Balaban J connectivity index is 1.11. The number of piperidine rings is 1. The van der Waals surface area contributed by atoms with Gasteiger partial charge in [0, 0.05) is 30.9 Å². The van der Waals surface area contributed by atoms with Crippen molar-refractivity contribution in [1.82, 2.24) is 25.1 Å². The predicted molar refractivity (Wildman–Crippen MR) is 143 cm³/mol. The van der Waals surface area contributed by atoms with Crippen LogP contribution in [0.1, 0.15) is 24.8 Å². The molecule has 4 amide bonds. The van der Waals surface area contributed by atoms with Gasteiger partial charge < -0.3 is 24.6 Å². The third-order valence-electron chi connectivity index (χ3n) is 6.80. The van der Waals surface area contributed by atoms with Gasteiger partial charge in [0.25, 0.3) is 0 Å². The van der Waals surface area contributed by atoms with Crippen LogP contribution >= 0.6 is 0 Å². The first-order chi connectivity index (χ1) is 19.4. The molecule has 40 heavy (non-hydrogen) atoms. The van der Waals surface area contributed by atoms with Crippen LogP contribution in [0.15, 0.2) is 60.9 Å². The van der Waals surface area contributed by atoms with Crippen LogP contribution in [0.2, 0.25) is 0 Å². The van der Waals surface area contributed by atoms with E-state index in [2.05, 4.69) is 25.5 Å². The van der Waals surface area contributed by atoms with Crippen LogP contribution in [0.3, 0.4) is 0 Å². The Bertz CT molecular complexity index is 1360. The molecule has 1 aromatic heterocycles. The highest BCUT2D eigenvalue weighted by Crippen LogP contribution is 2.27. The molecule has 11 nitrogen and oxygen atoms in total. The first-order valence-electron chi connectivity index (χ1n) is 13.1. The van der Waals surface area contributed by atoms with Crippen LogP contribution in [0.5, 0.6) is 17.5 Å². The molecule has 12 heteroatoms. The Kier molecular flexibility index (Phi) is 8.45. The van der Waals surface area contributed by atoms with E-state index in [1.807, 2.05) is 6.07 Å². The zero-order chi connectivity index (χ0) is 27.9. The molecule has 0 unspecified atom stereocenters. The highest BCUT2D eigenvalue weighted by Gasteiger charge is 2.30. The molecule has 0 radical (unpaired) electrons. The molecule has 0 saturated carbocycles. The van der Waals surface area contributed by atoms with Gasteiger partial charge in [-0.15, -0.1) is 0 Å². The van der Waals surface area contributed by atoms with Crippen LogP contribution < -0.4 is 20.1 Å². The number of benzene rings is 2. The molecule has 2 N–H and O–H groups in total. The molecule has 208 valence electrons. The maximum atomic E-state index is 14.7. The summed E-state index contributed by atoms with van der Waals surface area (Å²) in [5.41, 5.74) is 0.871. The van der Waals surface area contributed by atoms with Crippen LogP contribution in [0, 0.1) is 5.82 Å². The maximum absolute atomic E-state index is 14.7. The second-order valence-corrected chi connectivity index (χ2v) is 9.58. The Hall–Kier alpha value is -4.58. The molecule has 0 aliphatic carbocycles. The van der Waals surface area contributed by atoms with Crippen LogP contribution in [-0.4, -0.2) is 70.0 Å². The van der Waals surface area contributed by atoms with Crippen molar-refractivity contribution >= 4 is 23.7 Å². The highest BCUT2D eigenvalue weighted by atomic mass is 19.1. The second kappa shape index (κ2) is 12.5. The van der Waals surface area contributed by atoms with Crippen molar-refractivity contribution < 1.29 is 28.2 Å². The minimum absolute atomic E-state index is 0.0181. The molecule has 0 spiro atoms. The number of urea groups is 1. The lowest BCUT2D eigenvalue weighted by Crippen LogP contribution is -2.51. The van der Waals surface area contributed by atoms with E-state index >= 15 is 0 Å². The number of likely N-dealkylation sites (tertiary alicyclic amines) is 2. The molecule has 2 saturated heterocycles. The molecule has 2 aromatic carbocycles. The minimum atomic E-state index is -0.791.